The Morgan fingerprint density at radius 1 is 1.39 bits per heavy atom. The van der Waals surface area contributed by atoms with Crippen LogP contribution < -0.4 is 11.4 Å². The normalized spacial score (nSPS) is 12.7. The number of aromatic nitrogens is 2. The largest absolute Gasteiger partial charge is 0.387 e. The molecule has 0 bridgehead atoms. The number of benzene rings is 1. The number of para-hydroxylation sites is 1. The molecule has 0 aliphatic heterocycles. The molecule has 1 unspecified atom stereocenters. The van der Waals surface area contributed by atoms with E-state index in [1.54, 1.807) is 23.9 Å². The second-order valence-electron chi connectivity index (χ2n) is 4.31. The van der Waals surface area contributed by atoms with Crippen LogP contribution in [0.3, 0.4) is 0 Å². The Hall–Kier alpha value is -1.85. The summed E-state index contributed by atoms with van der Waals surface area (Å²) in [4.78, 5) is 12.1. The van der Waals surface area contributed by atoms with E-state index in [2.05, 4.69) is 0 Å². The lowest BCUT2D eigenvalue weighted by molar-refractivity contribution is 0.186. The number of hydrogen-bond donors (Lipinski definition) is 2. The monoisotopic (exact) mass is 247 g/mol. The maximum Gasteiger partial charge on any atom is 0.332 e. The van der Waals surface area contributed by atoms with Gasteiger partial charge in [-0.3, -0.25) is 4.57 Å². The molecule has 18 heavy (non-hydrogen) atoms. The Morgan fingerprint density at radius 2 is 2.06 bits per heavy atom. The Kier molecular flexibility index (Phi) is 3.36. The van der Waals surface area contributed by atoms with Crippen LogP contribution in [-0.4, -0.2) is 20.8 Å². The van der Waals surface area contributed by atoms with Gasteiger partial charge in [-0.2, -0.15) is 0 Å². The molecule has 0 spiro atoms. The Balaban J connectivity index is 2.68. The van der Waals surface area contributed by atoms with Crippen LogP contribution >= 0.6 is 0 Å². The van der Waals surface area contributed by atoms with E-state index in [1.807, 2.05) is 25.1 Å². The van der Waals surface area contributed by atoms with E-state index in [1.165, 1.54) is 4.57 Å². The van der Waals surface area contributed by atoms with Crippen molar-refractivity contribution in [2.24, 2.45) is 12.8 Å². The van der Waals surface area contributed by atoms with Crippen molar-refractivity contribution in [1.82, 2.24) is 9.13 Å². The van der Waals surface area contributed by atoms with Gasteiger partial charge in [0.25, 0.3) is 0 Å². The van der Waals surface area contributed by atoms with E-state index < -0.39 is 6.10 Å². The van der Waals surface area contributed by atoms with Gasteiger partial charge in [0.15, 0.2) is 0 Å². The molecule has 5 nitrogen and oxygen atoms in total. The van der Waals surface area contributed by atoms with Crippen LogP contribution in [0, 0.1) is 6.92 Å². The molecule has 1 heterocycles. The number of aliphatic hydroxyl groups excluding tert-OH is 1. The minimum absolute atomic E-state index is 0.123. The van der Waals surface area contributed by atoms with Gasteiger partial charge in [-0.05, 0) is 13.0 Å². The van der Waals surface area contributed by atoms with Crippen molar-refractivity contribution in [3.05, 3.63) is 52.2 Å². The standard InChI is InChI=1S/C13H17N3O2/c1-9-8-15(2)13(18)16(9)11-6-4-3-5-10(11)12(17)7-14/h3-6,8,12,17H,7,14H2,1-2H3. The van der Waals surface area contributed by atoms with Crippen LogP contribution in [0.2, 0.25) is 0 Å². The third kappa shape index (κ3) is 1.98. The lowest BCUT2D eigenvalue weighted by Crippen LogP contribution is -2.23. The molecule has 2 rings (SSSR count). The van der Waals surface area contributed by atoms with E-state index in [-0.39, 0.29) is 12.2 Å². The zero-order valence-corrected chi connectivity index (χ0v) is 10.5. The van der Waals surface area contributed by atoms with Crippen LogP contribution in [0.25, 0.3) is 5.69 Å². The van der Waals surface area contributed by atoms with Gasteiger partial charge in [-0.15, -0.1) is 0 Å². The molecule has 0 amide bonds. The fraction of sp³-hybridized carbons (Fsp3) is 0.308. The Labute approximate surface area is 105 Å². The predicted octanol–water partition coefficient (Wildman–Crippen LogP) is 0.477. The first kappa shape index (κ1) is 12.6. The minimum Gasteiger partial charge on any atom is -0.387 e. The highest BCUT2D eigenvalue weighted by Crippen LogP contribution is 2.21. The fourth-order valence-corrected chi connectivity index (χ4v) is 2.09. The first-order valence-electron chi connectivity index (χ1n) is 5.78. The first-order chi connectivity index (χ1) is 8.56. The van der Waals surface area contributed by atoms with Crippen LogP contribution in [0.4, 0.5) is 0 Å². The van der Waals surface area contributed by atoms with Crippen molar-refractivity contribution in [3.63, 3.8) is 0 Å². The lowest BCUT2D eigenvalue weighted by Gasteiger charge is -2.14. The summed E-state index contributed by atoms with van der Waals surface area (Å²) in [6.45, 7) is 1.98. The van der Waals surface area contributed by atoms with Crippen LogP contribution in [0.5, 0.6) is 0 Å². The van der Waals surface area contributed by atoms with Crippen molar-refractivity contribution in [1.29, 1.82) is 0 Å². The van der Waals surface area contributed by atoms with Crippen LogP contribution in [-0.2, 0) is 7.05 Å². The van der Waals surface area contributed by atoms with Gasteiger partial charge in [0.05, 0.1) is 11.8 Å². The highest BCUT2D eigenvalue weighted by Gasteiger charge is 2.15. The molecule has 0 fully saturated rings. The highest BCUT2D eigenvalue weighted by molar-refractivity contribution is 5.43. The molecule has 5 heteroatoms. The highest BCUT2D eigenvalue weighted by atomic mass is 16.3. The van der Waals surface area contributed by atoms with E-state index in [0.29, 0.717) is 11.3 Å². The van der Waals surface area contributed by atoms with Gasteiger partial charge in [0.1, 0.15) is 0 Å². The molecule has 3 N–H and O–H groups in total. The van der Waals surface area contributed by atoms with E-state index in [9.17, 15) is 9.90 Å². The molecule has 0 radical (unpaired) electrons. The summed E-state index contributed by atoms with van der Waals surface area (Å²) in [6.07, 6.45) is 0.987. The van der Waals surface area contributed by atoms with E-state index in [4.69, 9.17) is 5.73 Å². The van der Waals surface area contributed by atoms with Gasteiger partial charge < -0.3 is 15.4 Å². The quantitative estimate of drug-likeness (QED) is 0.828. The number of rotatable bonds is 3. The maximum absolute atomic E-state index is 12.1. The topological polar surface area (TPSA) is 73.2 Å². The summed E-state index contributed by atoms with van der Waals surface area (Å²) in [5, 5.41) is 9.91. The Morgan fingerprint density at radius 3 is 2.61 bits per heavy atom. The van der Waals surface area contributed by atoms with Gasteiger partial charge >= 0.3 is 5.69 Å². The molecule has 1 aromatic heterocycles. The molecule has 0 saturated heterocycles. The van der Waals surface area contributed by atoms with Gasteiger partial charge in [0, 0.05) is 31.0 Å². The van der Waals surface area contributed by atoms with Crippen molar-refractivity contribution in [2.45, 2.75) is 13.0 Å². The van der Waals surface area contributed by atoms with Crippen molar-refractivity contribution >= 4 is 0 Å². The van der Waals surface area contributed by atoms with E-state index in [0.717, 1.165) is 5.69 Å². The van der Waals surface area contributed by atoms with Gasteiger partial charge in [-0.1, -0.05) is 18.2 Å². The average Bonchev–Trinajstić information content (AvgIpc) is 2.62. The summed E-state index contributed by atoms with van der Waals surface area (Å²) in [5.74, 6) is 0. The van der Waals surface area contributed by atoms with Crippen LogP contribution in [0.15, 0.2) is 35.3 Å². The molecular formula is C13H17N3O2. The fourth-order valence-electron chi connectivity index (χ4n) is 2.09. The van der Waals surface area contributed by atoms with Gasteiger partial charge in [0.2, 0.25) is 0 Å². The summed E-state index contributed by atoms with van der Waals surface area (Å²) < 4.78 is 3.09. The Bertz CT molecular complexity index is 613. The average molecular weight is 247 g/mol. The molecular weight excluding hydrogens is 230 g/mol. The second kappa shape index (κ2) is 4.80. The summed E-state index contributed by atoms with van der Waals surface area (Å²) in [6, 6.07) is 7.25. The van der Waals surface area contributed by atoms with Crippen molar-refractivity contribution < 1.29 is 5.11 Å². The number of aliphatic hydroxyl groups is 1. The number of nitrogens with zero attached hydrogens (tertiary/aromatic N) is 2. The zero-order chi connectivity index (χ0) is 13.3. The van der Waals surface area contributed by atoms with Gasteiger partial charge in [-0.25, -0.2) is 4.79 Å². The minimum atomic E-state index is -0.771. The molecule has 96 valence electrons. The predicted molar refractivity (Wildman–Crippen MR) is 69.8 cm³/mol. The smallest absolute Gasteiger partial charge is 0.332 e. The molecule has 0 aliphatic rings. The number of imidazole rings is 1. The maximum atomic E-state index is 12.1. The number of aryl methyl sites for hydroxylation is 2. The number of nitrogens with two attached hydrogens (primary N) is 1. The van der Waals surface area contributed by atoms with Crippen molar-refractivity contribution in [3.8, 4) is 5.69 Å². The third-order valence-corrected chi connectivity index (χ3v) is 2.99. The zero-order valence-electron chi connectivity index (χ0n) is 10.5. The molecule has 2 aromatic rings. The molecule has 0 saturated carbocycles. The molecule has 1 aromatic carbocycles. The summed E-state index contributed by atoms with van der Waals surface area (Å²) in [7, 11) is 1.70. The van der Waals surface area contributed by atoms with E-state index >= 15 is 0 Å². The third-order valence-electron chi connectivity index (χ3n) is 2.99. The lowest BCUT2D eigenvalue weighted by atomic mass is 10.1. The second-order valence-corrected chi connectivity index (χ2v) is 4.31. The summed E-state index contributed by atoms with van der Waals surface area (Å²) >= 11 is 0. The number of hydrogen-bond acceptors (Lipinski definition) is 3. The molecule has 0 aliphatic carbocycles. The van der Waals surface area contributed by atoms with Crippen molar-refractivity contribution in [2.75, 3.05) is 6.54 Å². The van der Waals surface area contributed by atoms with Crippen LogP contribution in [0.1, 0.15) is 17.4 Å². The summed E-state index contributed by atoms with van der Waals surface area (Å²) in [5.41, 5.74) is 7.52. The molecule has 1 atom stereocenters. The first-order valence-corrected chi connectivity index (χ1v) is 5.78. The SMILES string of the molecule is Cc1cn(C)c(=O)n1-c1ccccc1C(O)CN.